The lowest BCUT2D eigenvalue weighted by Gasteiger charge is -2.23. The molecule has 5 rings (SSSR count). The molecular formula is C28H24. The first-order valence-electron chi connectivity index (χ1n) is 9.97. The molecule has 0 aromatic heterocycles. The minimum Gasteiger partial charge on any atom is -0.0616 e. The monoisotopic (exact) mass is 360 g/mol. The lowest BCUT2D eigenvalue weighted by atomic mass is 9.81. The van der Waals surface area contributed by atoms with Gasteiger partial charge < -0.3 is 0 Å². The van der Waals surface area contributed by atoms with Gasteiger partial charge in [-0.05, 0) is 60.5 Å². The molecule has 0 heterocycles. The number of fused-ring (bicyclic) bond motifs is 3. The Hall–Kier alpha value is -3.12. The maximum atomic E-state index is 2.33. The largest absolute Gasteiger partial charge is 0.0616 e. The fourth-order valence-corrected chi connectivity index (χ4v) is 4.47. The molecule has 0 spiro atoms. The van der Waals surface area contributed by atoms with Gasteiger partial charge in [-0.1, -0.05) is 106 Å². The summed E-state index contributed by atoms with van der Waals surface area (Å²) in [4.78, 5) is 0. The minimum atomic E-state index is 0.110. The van der Waals surface area contributed by atoms with E-state index in [1.54, 1.807) is 0 Å². The zero-order chi connectivity index (χ0) is 19.3. The molecule has 0 N–H and O–H groups in total. The van der Waals surface area contributed by atoms with Crippen molar-refractivity contribution in [1.29, 1.82) is 0 Å². The van der Waals surface area contributed by atoms with Gasteiger partial charge >= 0.3 is 0 Å². The van der Waals surface area contributed by atoms with Crippen LogP contribution in [0, 0.1) is 0 Å². The van der Waals surface area contributed by atoms with Crippen LogP contribution in [0.4, 0.5) is 0 Å². The summed E-state index contributed by atoms with van der Waals surface area (Å²) >= 11 is 0. The highest BCUT2D eigenvalue weighted by molar-refractivity contribution is 6.17. The molecule has 0 bridgehead atoms. The Balaban J connectivity index is 1.97. The predicted octanol–water partition coefficient (Wildman–Crippen LogP) is 8.11. The number of hydrogen-bond donors (Lipinski definition) is 0. The Kier molecular flexibility index (Phi) is 3.77. The molecule has 0 saturated heterocycles. The second kappa shape index (κ2) is 6.21. The summed E-state index contributed by atoms with van der Waals surface area (Å²) in [5.74, 6) is 0. The maximum absolute atomic E-state index is 2.33. The fourth-order valence-electron chi connectivity index (χ4n) is 4.47. The van der Waals surface area contributed by atoms with Crippen LogP contribution in [-0.4, -0.2) is 0 Å². The summed E-state index contributed by atoms with van der Waals surface area (Å²) in [6.07, 6.45) is 0. The topological polar surface area (TPSA) is 0 Å². The molecule has 0 aliphatic rings. The highest BCUT2D eigenvalue weighted by Crippen LogP contribution is 2.41. The van der Waals surface area contributed by atoms with E-state index in [2.05, 4.69) is 112 Å². The standard InChI is InChI=1S/C28H24/c1-28(2,3)26-17-16-25(23-14-8-9-15-24(23)26)27-21-12-6-4-10-19(21)18-20-11-5-7-13-22(20)27/h4-18H,1-3H3. The van der Waals surface area contributed by atoms with Gasteiger partial charge in [0.1, 0.15) is 0 Å². The molecule has 0 aliphatic heterocycles. The zero-order valence-corrected chi connectivity index (χ0v) is 16.7. The van der Waals surface area contributed by atoms with E-state index in [-0.39, 0.29) is 5.41 Å². The summed E-state index contributed by atoms with van der Waals surface area (Å²) in [5.41, 5.74) is 4.16. The van der Waals surface area contributed by atoms with Gasteiger partial charge in [-0.25, -0.2) is 0 Å². The van der Waals surface area contributed by atoms with Crippen molar-refractivity contribution in [2.45, 2.75) is 26.2 Å². The van der Waals surface area contributed by atoms with Crippen molar-refractivity contribution in [3.8, 4) is 11.1 Å². The van der Waals surface area contributed by atoms with Crippen molar-refractivity contribution in [2.75, 3.05) is 0 Å². The predicted molar refractivity (Wildman–Crippen MR) is 123 cm³/mol. The second-order valence-corrected chi connectivity index (χ2v) is 8.65. The van der Waals surface area contributed by atoms with E-state index < -0.39 is 0 Å². The number of benzene rings is 5. The van der Waals surface area contributed by atoms with Gasteiger partial charge in [0.25, 0.3) is 0 Å². The molecule has 0 radical (unpaired) electrons. The quantitative estimate of drug-likeness (QED) is 0.265. The van der Waals surface area contributed by atoms with E-state index in [0.29, 0.717) is 0 Å². The molecule has 28 heavy (non-hydrogen) atoms. The molecule has 0 aliphatic carbocycles. The molecule has 0 saturated carbocycles. The van der Waals surface area contributed by atoms with E-state index >= 15 is 0 Å². The lowest BCUT2D eigenvalue weighted by Crippen LogP contribution is -2.11. The normalized spacial score (nSPS) is 12.1. The van der Waals surface area contributed by atoms with Crippen LogP contribution in [0.2, 0.25) is 0 Å². The van der Waals surface area contributed by atoms with Gasteiger partial charge in [0.15, 0.2) is 0 Å². The van der Waals surface area contributed by atoms with E-state index in [1.807, 2.05) is 0 Å². The Labute approximate surface area is 166 Å². The Morgan fingerprint density at radius 1 is 0.500 bits per heavy atom. The molecule has 0 unspecified atom stereocenters. The van der Waals surface area contributed by atoms with Crippen LogP contribution in [0.1, 0.15) is 26.3 Å². The van der Waals surface area contributed by atoms with Crippen LogP contribution in [0.15, 0.2) is 91.0 Å². The van der Waals surface area contributed by atoms with E-state index in [0.717, 1.165) is 0 Å². The molecular weight excluding hydrogens is 336 g/mol. The minimum absolute atomic E-state index is 0.110. The summed E-state index contributed by atoms with van der Waals surface area (Å²) in [6, 6.07) is 33.3. The molecule has 0 nitrogen and oxygen atoms in total. The van der Waals surface area contributed by atoms with E-state index in [4.69, 9.17) is 0 Å². The first-order chi connectivity index (χ1) is 13.5. The van der Waals surface area contributed by atoms with Crippen LogP contribution >= 0.6 is 0 Å². The summed E-state index contributed by atoms with van der Waals surface area (Å²) in [6.45, 7) is 6.88. The first kappa shape index (κ1) is 17.0. The summed E-state index contributed by atoms with van der Waals surface area (Å²) in [5, 5.41) is 7.89. The van der Waals surface area contributed by atoms with Crippen molar-refractivity contribution in [3.05, 3.63) is 96.6 Å². The van der Waals surface area contributed by atoms with Gasteiger partial charge in [0.05, 0.1) is 0 Å². The first-order valence-corrected chi connectivity index (χ1v) is 9.97. The third-order valence-corrected chi connectivity index (χ3v) is 5.77. The van der Waals surface area contributed by atoms with E-state index in [9.17, 15) is 0 Å². The molecule has 5 aromatic rings. The Bertz CT molecular complexity index is 1280. The van der Waals surface area contributed by atoms with Crippen LogP contribution in [0.5, 0.6) is 0 Å². The van der Waals surface area contributed by atoms with Gasteiger partial charge in [0.2, 0.25) is 0 Å². The van der Waals surface area contributed by atoms with Crippen LogP contribution < -0.4 is 0 Å². The van der Waals surface area contributed by atoms with Crippen molar-refractivity contribution in [3.63, 3.8) is 0 Å². The van der Waals surface area contributed by atoms with Crippen molar-refractivity contribution in [1.82, 2.24) is 0 Å². The molecule has 136 valence electrons. The van der Waals surface area contributed by atoms with Gasteiger partial charge in [-0.3, -0.25) is 0 Å². The summed E-state index contributed by atoms with van der Waals surface area (Å²) < 4.78 is 0. The molecule has 0 amide bonds. The average Bonchev–Trinajstić information content (AvgIpc) is 2.70. The van der Waals surface area contributed by atoms with Crippen molar-refractivity contribution in [2.24, 2.45) is 0 Å². The van der Waals surface area contributed by atoms with Crippen LogP contribution in [0.25, 0.3) is 43.4 Å². The van der Waals surface area contributed by atoms with Gasteiger partial charge in [0, 0.05) is 0 Å². The maximum Gasteiger partial charge on any atom is -0.00206 e. The van der Waals surface area contributed by atoms with Crippen molar-refractivity contribution < 1.29 is 0 Å². The third-order valence-electron chi connectivity index (χ3n) is 5.77. The van der Waals surface area contributed by atoms with E-state index in [1.165, 1.54) is 49.0 Å². The molecule has 0 atom stereocenters. The average molecular weight is 361 g/mol. The zero-order valence-electron chi connectivity index (χ0n) is 16.7. The van der Waals surface area contributed by atoms with Crippen LogP contribution in [-0.2, 0) is 5.41 Å². The highest BCUT2D eigenvalue weighted by atomic mass is 14.2. The number of rotatable bonds is 1. The summed E-state index contributed by atoms with van der Waals surface area (Å²) in [7, 11) is 0. The van der Waals surface area contributed by atoms with Crippen LogP contribution in [0.3, 0.4) is 0 Å². The Morgan fingerprint density at radius 3 is 1.57 bits per heavy atom. The fraction of sp³-hybridized carbons (Fsp3) is 0.143. The molecule has 0 fully saturated rings. The SMILES string of the molecule is CC(C)(C)c1ccc(-c2c3ccccc3cc3ccccc23)c2ccccc12. The molecule has 5 aromatic carbocycles. The van der Waals surface area contributed by atoms with Crippen molar-refractivity contribution >= 4 is 32.3 Å². The lowest BCUT2D eigenvalue weighted by molar-refractivity contribution is 0.596. The smallest absolute Gasteiger partial charge is 0.00206 e. The Morgan fingerprint density at radius 2 is 1.00 bits per heavy atom. The highest BCUT2D eigenvalue weighted by Gasteiger charge is 2.19. The van der Waals surface area contributed by atoms with Gasteiger partial charge in [-0.15, -0.1) is 0 Å². The second-order valence-electron chi connectivity index (χ2n) is 8.65. The van der Waals surface area contributed by atoms with Gasteiger partial charge in [-0.2, -0.15) is 0 Å². The molecule has 0 heteroatoms. The number of hydrogen-bond acceptors (Lipinski definition) is 0. The third kappa shape index (κ3) is 2.60.